The molecule has 0 heterocycles. The third-order valence-corrected chi connectivity index (χ3v) is 4.27. The van der Waals surface area contributed by atoms with E-state index >= 15 is 0 Å². The lowest BCUT2D eigenvalue weighted by Gasteiger charge is -2.06. The lowest BCUT2D eigenvalue weighted by Crippen LogP contribution is -2.09. The van der Waals surface area contributed by atoms with Gasteiger partial charge in [0.05, 0.1) is 11.5 Å². The SMILES string of the molecule is CCCCS(=O)(=O)Cc1ccc(N)cc1Cl. The van der Waals surface area contributed by atoms with Crippen molar-refractivity contribution in [3.63, 3.8) is 0 Å². The maximum Gasteiger partial charge on any atom is 0.154 e. The van der Waals surface area contributed by atoms with Crippen molar-refractivity contribution in [2.75, 3.05) is 11.5 Å². The number of halogens is 1. The molecule has 1 aromatic carbocycles. The molecule has 0 aliphatic carbocycles. The van der Waals surface area contributed by atoms with Crippen molar-refractivity contribution >= 4 is 27.1 Å². The first-order valence-corrected chi connectivity index (χ1v) is 7.39. The summed E-state index contributed by atoms with van der Waals surface area (Å²) in [6.07, 6.45) is 1.56. The second-order valence-electron chi connectivity index (χ2n) is 3.80. The summed E-state index contributed by atoms with van der Waals surface area (Å²) < 4.78 is 23.4. The monoisotopic (exact) mass is 261 g/mol. The van der Waals surface area contributed by atoms with Gasteiger partial charge in [0.25, 0.3) is 0 Å². The van der Waals surface area contributed by atoms with Gasteiger partial charge in [0, 0.05) is 10.7 Å². The van der Waals surface area contributed by atoms with Crippen LogP contribution >= 0.6 is 11.6 Å². The first-order chi connectivity index (χ1) is 7.44. The topological polar surface area (TPSA) is 60.2 Å². The molecule has 0 unspecified atom stereocenters. The van der Waals surface area contributed by atoms with Crippen molar-refractivity contribution in [2.24, 2.45) is 0 Å². The third kappa shape index (κ3) is 4.02. The van der Waals surface area contributed by atoms with Gasteiger partial charge >= 0.3 is 0 Å². The van der Waals surface area contributed by atoms with Crippen molar-refractivity contribution < 1.29 is 8.42 Å². The molecule has 0 radical (unpaired) electrons. The minimum atomic E-state index is -3.06. The molecule has 5 heteroatoms. The fraction of sp³-hybridized carbons (Fsp3) is 0.455. The van der Waals surface area contributed by atoms with Crippen molar-refractivity contribution in [3.05, 3.63) is 28.8 Å². The maximum atomic E-state index is 11.7. The molecule has 3 nitrogen and oxygen atoms in total. The third-order valence-electron chi connectivity index (χ3n) is 2.26. The van der Waals surface area contributed by atoms with E-state index in [0.29, 0.717) is 22.7 Å². The molecule has 0 saturated heterocycles. The summed E-state index contributed by atoms with van der Waals surface area (Å²) in [4.78, 5) is 0. The first kappa shape index (κ1) is 13.3. The second-order valence-corrected chi connectivity index (χ2v) is 6.39. The summed E-state index contributed by atoms with van der Waals surface area (Å²) >= 11 is 5.93. The first-order valence-electron chi connectivity index (χ1n) is 5.19. The highest BCUT2D eigenvalue weighted by molar-refractivity contribution is 7.90. The van der Waals surface area contributed by atoms with Gasteiger partial charge in [0.2, 0.25) is 0 Å². The summed E-state index contributed by atoms with van der Waals surface area (Å²) in [5.41, 5.74) is 6.70. The summed E-state index contributed by atoms with van der Waals surface area (Å²) in [6.45, 7) is 1.96. The molecule has 0 aromatic heterocycles. The number of rotatable bonds is 5. The molecule has 0 atom stereocenters. The summed E-state index contributed by atoms with van der Waals surface area (Å²) in [6, 6.07) is 4.91. The van der Waals surface area contributed by atoms with Gasteiger partial charge in [-0.15, -0.1) is 0 Å². The zero-order chi connectivity index (χ0) is 12.2. The van der Waals surface area contributed by atoms with Crippen LogP contribution in [0.3, 0.4) is 0 Å². The second kappa shape index (κ2) is 5.55. The van der Waals surface area contributed by atoms with E-state index in [9.17, 15) is 8.42 Å². The minimum Gasteiger partial charge on any atom is -0.399 e. The van der Waals surface area contributed by atoms with Crippen LogP contribution in [0.25, 0.3) is 0 Å². The van der Waals surface area contributed by atoms with Gasteiger partial charge in [-0.05, 0) is 24.1 Å². The highest BCUT2D eigenvalue weighted by Crippen LogP contribution is 2.21. The number of nitrogen functional groups attached to an aromatic ring is 1. The Morgan fingerprint density at radius 3 is 2.62 bits per heavy atom. The number of benzene rings is 1. The van der Waals surface area contributed by atoms with Crippen LogP contribution in [0.2, 0.25) is 5.02 Å². The minimum absolute atomic E-state index is 0.00782. The van der Waals surface area contributed by atoms with E-state index < -0.39 is 9.84 Å². The Labute approximate surface area is 102 Å². The Bertz CT molecular complexity index is 457. The molecule has 1 rings (SSSR count). The molecule has 0 saturated carbocycles. The van der Waals surface area contributed by atoms with E-state index in [1.807, 2.05) is 6.92 Å². The van der Waals surface area contributed by atoms with Crippen LogP contribution in [-0.2, 0) is 15.6 Å². The lowest BCUT2D eigenvalue weighted by molar-refractivity contribution is 0.592. The predicted molar refractivity (Wildman–Crippen MR) is 68.3 cm³/mol. The van der Waals surface area contributed by atoms with Gasteiger partial charge in [0.15, 0.2) is 9.84 Å². The molecule has 1 aromatic rings. The molecule has 0 aliphatic rings. The Morgan fingerprint density at radius 2 is 2.06 bits per heavy atom. The van der Waals surface area contributed by atoms with E-state index in [-0.39, 0.29) is 11.5 Å². The van der Waals surface area contributed by atoms with Gasteiger partial charge in [-0.2, -0.15) is 0 Å². The van der Waals surface area contributed by atoms with E-state index in [1.54, 1.807) is 18.2 Å². The zero-order valence-electron chi connectivity index (χ0n) is 9.24. The molecule has 0 aliphatic heterocycles. The van der Waals surface area contributed by atoms with Gasteiger partial charge in [0.1, 0.15) is 0 Å². The molecule has 0 fully saturated rings. The van der Waals surface area contributed by atoms with Gasteiger partial charge in [-0.1, -0.05) is 31.0 Å². The van der Waals surface area contributed by atoms with Gasteiger partial charge < -0.3 is 5.73 Å². The number of sulfone groups is 1. The Hall–Kier alpha value is -0.740. The standard InChI is InChI=1S/C11H16ClNO2S/c1-2-3-6-16(14,15)8-9-4-5-10(13)7-11(9)12/h4-5,7H,2-3,6,8,13H2,1H3. The molecule has 0 bridgehead atoms. The van der Waals surface area contributed by atoms with Crippen LogP contribution in [0.5, 0.6) is 0 Å². The number of anilines is 1. The molecule has 16 heavy (non-hydrogen) atoms. The van der Waals surface area contributed by atoms with E-state index in [0.717, 1.165) is 6.42 Å². The fourth-order valence-corrected chi connectivity index (χ4v) is 3.29. The molecular formula is C11H16ClNO2S. The molecule has 2 N–H and O–H groups in total. The van der Waals surface area contributed by atoms with Crippen LogP contribution in [0.4, 0.5) is 5.69 Å². The summed E-state index contributed by atoms with van der Waals surface area (Å²) in [7, 11) is -3.06. The molecular weight excluding hydrogens is 246 g/mol. The van der Waals surface area contributed by atoms with Crippen LogP contribution < -0.4 is 5.73 Å². The van der Waals surface area contributed by atoms with Crippen LogP contribution in [-0.4, -0.2) is 14.2 Å². The quantitative estimate of drug-likeness (QED) is 0.829. The largest absolute Gasteiger partial charge is 0.399 e. The average molecular weight is 262 g/mol. The van der Waals surface area contributed by atoms with Crippen LogP contribution in [0.1, 0.15) is 25.3 Å². The van der Waals surface area contributed by atoms with E-state index in [2.05, 4.69) is 0 Å². The van der Waals surface area contributed by atoms with Crippen molar-refractivity contribution in [1.82, 2.24) is 0 Å². The number of nitrogens with two attached hydrogens (primary N) is 1. The smallest absolute Gasteiger partial charge is 0.154 e. The van der Waals surface area contributed by atoms with Crippen LogP contribution in [0, 0.1) is 0 Å². The summed E-state index contributed by atoms with van der Waals surface area (Å²) in [5, 5.41) is 0.417. The van der Waals surface area contributed by atoms with Crippen molar-refractivity contribution in [2.45, 2.75) is 25.5 Å². The Morgan fingerprint density at radius 1 is 1.38 bits per heavy atom. The highest BCUT2D eigenvalue weighted by atomic mass is 35.5. The number of hydrogen-bond acceptors (Lipinski definition) is 3. The van der Waals surface area contributed by atoms with Crippen molar-refractivity contribution in [1.29, 1.82) is 0 Å². The Balaban J connectivity index is 2.80. The number of hydrogen-bond donors (Lipinski definition) is 1. The normalized spacial score (nSPS) is 11.6. The van der Waals surface area contributed by atoms with Crippen LogP contribution in [0.15, 0.2) is 18.2 Å². The van der Waals surface area contributed by atoms with Gasteiger partial charge in [-0.25, -0.2) is 8.42 Å². The number of unbranched alkanes of at least 4 members (excludes halogenated alkanes) is 1. The predicted octanol–water partition coefficient (Wildman–Crippen LogP) is 2.64. The maximum absolute atomic E-state index is 11.7. The lowest BCUT2D eigenvalue weighted by atomic mass is 10.2. The molecule has 0 amide bonds. The summed E-state index contributed by atoms with van der Waals surface area (Å²) in [5.74, 6) is 0.205. The molecule has 90 valence electrons. The van der Waals surface area contributed by atoms with Gasteiger partial charge in [-0.3, -0.25) is 0 Å². The van der Waals surface area contributed by atoms with Crippen molar-refractivity contribution in [3.8, 4) is 0 Å². The van der Waals surface area contributed by atoms with E-state index in [1.165, 1.54) is 0 Å². The Kier molecular flexibility index (Phi) is 4.62. The molecule has 0 spiro atoms. The fourth-order valence-electron chi connectivity index (χ4n) is 1.35. The average Bonchev–Trinajstić information content (AvgIpc) is 2.19. The zero-order valence-corrected chi connectivity index (χ0v) is 10.8. The van der Waals surface area contributed by atoms with E-state index in [4.69, 9.17) is 17.3 Å². The highest BCUT2D eigenvalue weighted by Gasteiger charge is 2.13.